The maximum atomic E-state index is 4.75. The average molecular weight is 130 g/mol. The maximum absolute atomic E-state index is 4.75. The van der Waals surface area contributed by atoms with Gasteiger partial charge in [0.2, 0.25) is 0 Å². The number of thiocarbonyl (C=S) groups is 1. The summed E-state index contributed by atoms with van der Waals surface area (Å²) in [6, 6.07) is 0. The van der Waals surface area contributed by atoms with Crippen LogP contribution in [0.1, 0.15) is 0 Å². The minimum Gasteiger partial charge on any atom is -0.366 e. The van der Waals surface area contributed by atoms with Crippen molar-refractivity contribution >= 4 is 17.7 Å². The van der Waals surface area contributed by atoms with Crippen LogP contribution >= 0.6 is 12.2 Å². The zero-order chi connectivity index (χ0) is 5.82. The van der Waals surface area contributed by atoms with Crippen molar-refractivity contribution in [3.63, 3.8) is 0 Å². The topological polar surface area (TPSA) is 15.3 Å². The highest BCUT2D eigenvalue weighted by atomic mass is 32.1. The van der Waals surface area contributed by atoms with Gasteiger partial charge in [-0.2, -0.15) is 0 Å². The summed E-state index contributed by atoms with van der Waals surface area (Å²) < 4.78 is 0. The molecular weight excluding hydrogens is 120 g/mol. The molecule has 1 aliphatic heterocycles. The Morgan fingerprint density at radius 3 is 2.38 bits per heavy atom. The van der Waals surface area contributed by atoms with Gasteiger partial charge in [-0.25, -0.2) is 0 Å². The van der Waals surface area contributed by atoms with Crippen molar-refractivity contribution in [2.24, 2.45) is 0 Å². The van der Waals surface area contributed by atoms with Crippen LogP contribution in [-0.4, -0.2) is 36.6 Å². The van der Waals surface area contributed by atoms with E-state index in [1.807, 2.05) is 0 Å². The van der Waals surface area contributed by atoms with E-state index in [-0.39, 0.29) is 0 Å². The molecule has 2 nitrogen and oxygen atoms in total. The Morgan fingerprint density at radius 1 is 1.38 bits per heavy atom. The molecule has 1 rings (SSSR count). The highest BCUT2D eigenvalue weighted by molar-refractivity contribution is 7.78. The minimum absolute atomic E-state index is 1.07. The minimum atomic E-state index is 1.07. The van der Waals surface area contributed by atoms with E-state index in [1.54, 1.807) is 5.49 Å². The predicted molar refractivity (Wildman–Crippen MR) is 38.1 cm³/mol. The van der Waals surface area contributed by atoms with Crippen molar-refractivity contribution in [3.05, 3.63) is 0 Å². The second-order valence-electron chi connectivity index (χ2n) is 1.89. The van der Waals surface area contributed by atoms with Crippen LogP contribution in [0.2, 0.25) is 0 Å². The molecule has 46 valence electrons. The van der Waals surface area contributed by atoms with Gasteiger partial charge in [0.15, 0.2) is 0 Å². The number of hydrogen-bond acceptors (Lipinski definition) is 2. The maximum Gasteiger partial charge on any atom is 0.0641 e. The van der Waals surface area contributed by atoms with Crippen molar-refractivity contribution in [3.8, 4) is 0 Å². The van der Waals surface area contributed by atoms with Crippen LogP contribution in [0.15, 0.2) is 0 Å². The van der Waals surface area contributed by atoms with Crippen molar-refractivity contribution in [2.45, 2.75) is 0 Å². The second kappa shape index (κ2) is 2.99. The van der Waals surface area contributed by atoms with Gasteiger partial charge in [-0.05, 0) is 0 Å². The Balaban J connectivity index is 2.22. The predicted octanol–water partition coefficient (Wildman–Crippen LogP) is -0.151. The zero-order valence-corrected chi connectivity index (χ0v) is 5.58. The first kappa shape index (κ1) is 5.98. The van der Waals surface area contributed by atoms with Gasteiger partial charge in [0.05, 0.1) is 5.49 Å². The van der Waals surface area contributed by atoms with E-state index in [2.05, 4.69) is 10.2 Å². The first-order valence-electron chi connectivity index (χ1n) is 2.83. The third-order valence-electron chi connectivity index (χ3n) is 1.30. The highest BCUT2D eigenvalue weighted by Crippen LogP contribution is 1.85. The standard InChI is InChI=1S/C5H10N2S/c8-5-7-3-1-6-2-4-7/h5-6H,1-4H2. The van der Waals surface area contributed by atoms with Gasteiger partial charge in [0.25, 0.3) is 0 Å². The lowest BCUT2D eigenvalue weighted by atomic mass is 10.4. The molecule has 1 saturated heterocycles. The smallest absolute Gasteiger partial charge is 0.0641 e. The Labute approximate surface area is 54.9 Å². The van der Waals surface area contributed by atoms with E-state index < -0.39 is 0 Å². The summed E-state index contributed by atoms with van der Waals surface area (Å²) in [5.74, 6) is 0. The van der Waals surface area contributed by atoms with Crippen LogP contribution < -0.4 is 5.32 Å². The number of piperazine rings is 1. The molecule has 1 N–H and O–H groups in total. The van der Waals surface area contributed by atoms with E-state index in [9.17, 15) is 0 Å². The van der Waals surface area contributed by atoms with Crippen molar-refractivity contribution in [1.29, 1.82) is 0 Å². The van der Waals surface area contributed by atoms with Gasteiger partial charge in [-0.3, -0.25) is 0 Å². The highest BCUT2D eigenvalue weighted by Gasteiger charge is 2.02. The Bertz CT molecular complexity index is 78.5. The van der Waals surface area contributed by atoms with E-state index in [4.69, 9.17) is 12.2 Å². The second-order valence-corrected chi connectivity index (χ2v) is 2.10. The zero-order valence-electron chi connectivity index (χ0n) is 4.76. The molecule has 0 amide bonds. The fourth-order valence-electron chi connectivity index (χ4n) is 0.788. The van der Waals surface area contributed by atoms with Crippen LogP contribution in [0.25, 0.3) is 0 Å². The van der Waals surface area contributed by atoms with Gasteiger partial charge >= 0.3 is 0 Å². The number of rotatable bonds is 1. The molecule has 0 aromatic carbocycles. The molecule has 0 saturated carbocycles. The first-order valence-corrected chi connectivity index (χ1v) is 3.30. The summed E-state index contributed by atoms with van der Waals surface area (Å²) in [6.45, 7) is 4.30. The van der Waals surface area contributed by atoms with Crippen molar-refractivity contribution < 1.29 is 0 Å². The molecule has 0 spiro atoms. The van der Waals surface area contributed by atoms with Crippen LogP contribution in [0.3, 0.4) is 0 Å². The van der Waals surface area contributed by atoms with E-state index in [0.717, 1.165) is 26.2 Å². The molecule has 0 aromatic rings. The Morgan fingerprint density at radius 2 is 2.00 bits per heavy atom. The van der Waals surface area contributed by atoms with E-state index in [1.165, 1.54) is 0 Å². The lowest BCUT2D eigenvalue weighted by molar-refractivity contribution is 0.370. The normalized spacial score (nSPS) is 20.8. The Hall–Kier alpha value is -0.150. The van der Waals surface area contributed by atoms with Crippen molar-refractivity contribution in [1.82, 2.24) is 10.2 Å². The van der Waals surface area contributed by atoms with Crippen LogP contribution in [0, 0.1) is 0 Å². The molecule has 0 atom stereocenters. The Kier molecular flexibility index (Phi) is 2.24. The molecule has 0 bridgehead atoms. The summed E-state index contributed by atoms with van der Waals surface area (Å²) in [7, 11) is 0. The summed E-state index contributed by atoms with van der Waals surface area (Å²) >= 11 is 4.75. The van der Waals surface area contributed by atoms with Crippen LogP contribution in [-0.2, 0) is 0 Å². The molecule has 0 radical (unpaired) electrons. The largest absolute Gasteiger partial charge is 0.366 e. The van der Waals surface area contributed by atoms with Crippen LogP contribution in [0.5, 0.6) is 0 Å². The van der Waals surface area contributed by atoms with Crippen molar-refractivity contribution in [2.75, 3.05) is 26.2 Å². The van der Waals surface area contributed by atoms with Gasteiger partial charge in [-0.1, -0.05) is 12.2 Å². The fraction of sp³-hybridized carbons (Fsp3) is 0.800. The van der Waals surface area contributed by atoms with Gasteiger partial charge in [-0.15, -0.1) is 0 Å². The monoisotopic (exact) mass is 130 g/mol. The van der Waals surface area contributed by atoms with E-state index >= 15 is 0 Å². The number of nitrogens with zero attached hydrogens (tertiary/aromatic N) is 1. The van der Waals surface area contributed by atoms with Gasteiger partial charge < -0.3 is 10.2 Å². The lowest BCUT2D eigenvalue weighted by Gasteiger charge is -2.24. The SMILES string of the molecule is S=CN1CCNCC1. The molecule has 1 heterocycles. The number of hydrogen-bond donors (Lipinski definition) is 1. The number of nitrogens with one attached hydrogen (secondary N) is 1. The lowest BCUT2D eigenvalue weighted by Crippen LogP contribution is -2.42. The molecule has 3 heteroatoms. The quantitative estimate of drug-likeness (QED) is 0.497. The molecule has 1 fully saturated rings. The summed E-state index contributed by atoms with van der Waals surface area (Å²) in [4.78, 5) is 2.14. The summed E-state index contributed by atoms with van der Waals surface area (Å²) in [6.07, 6.45) is 0. The van der Waals surface area contributed by atoms with Gasteiger partial charge in [0.1, 0.15) is 0 Å². The first-order chi connectivity index (χ1) is 3.93. The average Bonchev–Trinajstić information content (AvgIpc) is 1.90. The third-order valence-corrected chi connectivity index (χ3v) is 1.60. The fourth-order valence-corrected chi connectivity index (χ4v) is 0.998. The molecule has 1 aliphatic rings. The summed E-state index contributed by atoms with van der Waals surface area (Å²) in [5, 5.41) is 3.24. The van der Waals surface area contributed by atoms with Crippen LogP contribution in [0.4, 0.5) is 0 Å². The summed E-state index contributed by atoms with van der Waals surface area (Å²) in [5.41, 5.74) is 1.74. The molecular formula is C5H10N2S. The third kappa shape index (κ3) is 1.42. The molecule has 8 heavy (non-hydrogen) atoms. The van der Waals surface area contributed by atoms with E-state index in [0.29, 0.717) is 0 Å². The molecule has 0 aromatic heterocycles. The molecule has 0 aliphatic carbocycles. The molecule has 0 unspecified atom stereocenters. The van der Waals surface area contributed by atoms with Gasteiger partial charge in [0, 0.05) is 26.2 Å².